The molecule has 0 spiro atoms. The third-order valence-electron chi connectivity index (χ3n) is 3.18. The third kappa shape index (κ3) is 2.62. The highest BCUT2D eigenvalue weighted by molar-refractivity contribution is 5.73. The quantitative estimate of drug-likeness (QED) is 0.772. The van der Waals surface area contributed by atoms with Crippen LogP contribution in [-0.4, -0.2) is 40.6 Å². The van der Waals surface area contributed by atoms with E-state index in [1.165, 1.54) is 11.1 Å². The molecule has 0 radical (unpaired) electrons. The fraction of sp³-hybridized carbons (Fsp3) is 0.500. The van der Waals surface area contributed by atoms with Crippen LogP contribution in [0.2, 0.25) is 0 Å². The highest BCUT2D eigenvalue weighted by Gasteiger charge is 2.20. The second-order valence-electron chi connectivity index (χ2n) is 4.57. The second-order valence-corrected chi connectivity index (χ2v) is 4.57. The number of nitrogens with two attached hydrogens (primary N) is 1. The molecule has 2 rings (SSSR count). The fourth-order valence-corrected chi connectivity index (χ4v) is 2.21. The molecular weight excluding hydrogens is 218 g/mol. The van der Waals surface area contributed by atoms with Crippen LogP contribution in [0, 0.1) is 0 Å². The number of pyridine rings is 1. The molecule has 2 heterocycles. The Morgan fingerprint density at radius 2 is 2.41 bits per heavy atom. The molecule has 3 N–H and O–H groups in total. The molecule has 0 aliphatic carbocycles. The molecule has 5 nitrogen and oxygen atoms in total. The lowest BCUT2D eigenvalue weighted by atomic mass is 9.94. The number of likely N-dealkylation sites (N-methyl/N-ethyl adjacent to an activating group) is 1. The summed E-state index contributed by atoms with van der Waals surface area (Å²) in [5.74, 6) is -0.962. The molecule has 0 bridgehead atoms. The summed E-state index contributed by atoms with van der Waals surface area (Å²) in [5.41, 5.74) is 8.97. The van der Waals surface area contributed by atoms with E-state index in [1.54, 1.807) is 6.20 Å². The van der Waals surface area contributed by atoms with Gasteiger partial charge < -0.3 is 15.7 Å². The molecule has 0 saturated carbocycles. The Kier molecular flexibility index (Phi) is 3.40. The lowest BCUT2D eigenvalue weighted by Gasteiger charge is -2.26. The smallest absolute Gasteiger partial charge is 0.320 e. The molecule has 92 valence electrons. The number of fused-ring (bicyclic) bond motifs is 1. The highest BCUT2D eigenvalue weighted by Crippen LogP contribution is 2.21. The van der Waals surface area contributed by atoms with Crippen LogP contribution in [0.15, 0.2) is 12.4 Å². The zero-order valence-electron chi connectivity index (χ0n) is 9.89. The fourth-order valence-electron chi connectivity index (χ4n) is 2.21. The van der Waals surface area contributed by atoms with Gasteiger partial charge in [0.25, 0.3) is 0 Å². The van der Waals surface area contributed by atoms with Gasteiger partial charge in [0, 0.05) is 31.9 Å². The van der Waals surface area contributed by atoms with Gasteiger partial charge in [0.05, 0.1) is 0 Å². The maximum atomic E-state index is 10.8. The first kappa shape index (κ1) is 12.0. The molecule has 0 saturated heterocycles. The average molecular weight is 235 g/mol. The van der Waals surface area contributed by atoms with E-state index >= 15 is 0 Å². The van der Waals surface area contributed by atoms with E-state index in [0.717, 1.165) is 25.1 Å². The number of carboxylic acids is 1. The zero-order chi connectivity index (χ0) is 12.4. The van der Waals surface area contributed by atoms with Crippen molar-refractivity contribution in [3.8, 4) is 0 Å². The van der Waals surface area contributed by atoms with Gasteiger partial charge in [-0.15, -0.1) is 0 Å². The molecule has 1 unspecified atom stereocenters. The number of rotatable bonds is 3. The van der Waals surface area contributed by atoms with Crippen LogP contribution >= 0.6 is 0 Å². The molecule has 1 aliphatic heterocycles. The molecule has 1 atom stereocenters. The van der Waals surface area contributed by atoms with Gasteiger partial charge in [0.1, 0.15) is 6.04 Å². The summed E-state index contributed by atoms with van der Waals surface area (Å²) in [6, 6.07) is -0.844. The van der Waals surface area contributed by atoms with Crippen LogP contribution in [0.3, 0.4) is 0 Å². The molecule has 5 heteroatoms. The van der Waals surface area contributed by atoms with Gasteiger partial charge in [-0.1, -0.05) is 0 Å². The maximum absolute atomic E-state index is 10.8. The van der Waals surface area contributed by atoms with Crippen molar-refractivity contribution >= 4 is 5.97 Å². The first-order valence-corrected chi connectivity index (χ1v) is 5.69. The summed E-state index contributed by atoms with van der Waals surface area (Å²) in [4.78, 5) is 17.2. The average Bonchev–Trinajstić information content (AvgIpc) is 2.28. The van der Waals surface area contributed by atoms with Gasteiger partial charge >= 0.3 is 5.97 Å². The molecule has 0 fully saturated rings. The summed E-state index contributed by atoms with van der Waals surface area (Å²) in [7, 11) is 2.07. The van der Waals surface area contributed by atoms with Crippen LogP contribution in [0.1, 0.15) is 16.7 Å². The van der Waals surface area contributed by atoms with Crippen molar-refractivity contribution in [2.24, 2.45) is 5.73 Å². The van der Waals surface area contributed by atoms with Crippen LogP contribution in [0.5, 0.6) is 0 Å². The summed E-state index contributed by atoms with van der Waals surface area (Å²) >= 11 is 0. The third-order valence-corrected chi connectivity index (χ3v) is 3.18. The minimum Gasteiger partial charge on any atom is -0.480 e. The predicted octanol–water partition coefficient (Wildman–Crippen LogP) is 0.0239. The monoisotopic (exact) mass is 235 g/mol. The summed E-state index contributed by atoms with van der Waals surface area (Å²) in [6.07, 6.45) is 4.90. The van der Waals surface area contributed by atoms with Gasteiger partial charge in [0.2, 0.25) is 0 Å². The Hall–Kier alpha value is -1.46. The van der Waals surface area contributed by atoms with Crippen LogP contribution in [-0.2, 0) is 24.2 Å². The lowest BCUT2D eigenvalue weighted by molar-refractivity contribution is -0.138. The lowest BCUT2D eigenvalue weighted by Crippen LogP contribution is -2.34. The van der Waals surface area contributed by atoms with Crippen molar-refractivity contribution in [1.82, 2.24) is 9.88 Å². The number of carbonyl (C=O) groups is 1. The van der Waals surface area contributed by atoms with E-state index in [2.05, 4.69) is 16.9 Å². The number of aliphatic carboxylic acids is 1. The van der Waals surface area contributed by atoms with Gasteiger partial charge in [-0.2, -0.15) is 0 Å². The summed E-state index contributed by atoms with van der Waals surface area (Å²) in [6.45, 7) is 1.87. The number of aromatic nitrogens is 1. The van der Waals surface area contributed by atoms with Crippen molar-refractivity contribution < 1.29 is 9.90 Å². The molecule has 1 aromatic rings. The Morgan fingerprint density at radius 3 is 3.12 bits per heavy atom. The Morgan fingerprint density at radius 1 is 1.65 bits per heavy atom. The first-order valence-electron chi connectivity index (χ1n) is 5.69. The van der Waals surface area contributed by atoms with Gasteiger partial charge in [-0.25, -0.2) is 0 Å². The van der Waals surface area contributed by atoms with Crippen molar-refractivity contribution in [3.05, 3.63) is 29.1 Å². The van der Waals surface area contributed by atoms with E-state index in [9.17, 15) is 4.79 Å². The van der Waals surface area contributed by atoms with Gasteiger partial charge in [0.15, 0.2) is 0 Å². The molecule has 0 amide bonds. The number of nitrogens with zero attached hydrogens (tertiary/aromatic N) is 2. The molecule has 0 aromatic carbocycles. The van der Waals surface area contributed by atoms with Crippen molar-refractivity contribution in [2.75, 3.05) is 13.6 Å². The van der Waals surface area contributed by atoms with Crippen LogP contribution < -0.4 is 5.73 Å². The van der Waals surface area contributed by atoms with Crippen molar-refractivity contribution in [1.29, 1.82) is 0 Å². The molecule has 1 aliphatic rings. The van der Waals surface area contributed by atoms with Gasteiger partial charge in [-0.05, 0) is 30.2 Å². The Bertz CT molecular complexity index is 434. The molecule has 17 heavy (non-hydrogen) atoms. The maximum Gasteiger partial charge on any atom is 0.320 e. The van der Waals surface area contributed by atoms with Crippen LogP contribution in [0.4, 0.5) is 0 Å². The van der Waals surface area contributed by atoms with E-state index in [4.69, 9.17) is 10.8 Å². The van der Waals surface area contributed by atoms with Crippen molar-refractivity contribution in [3.63, 3.8) is 0 Å². The first-order chi connectivity index (χ1) is 8.08. The second kappa shape index (κ2) is 4.81. The number of hydrogen-bond acceptors (Lipinski definition) is 4. The van der Waals surface area contributed by atoms with E-state index in [1.807, 2.05) is 6.20 Å². The Labute approximate surface area is 100 Å². The SMILES string of the molecule is CN1CCc2c(CC(N)C(=O)O)cncc2C1. The largest absolute Gasteiger partial charge is 0.480 e. The predicted molar refractivity (Wildman–Crippen MR) is 63.6 cm³/mol. The number of hydrogen-bond donors (Lipinski definition) is 2. The topological polar surface area (TPSA) is 79.5 Å². The molecule has 1 aromatic heterocycles. The Balaban J connectivity index is 2.24. The normalized spacial score (nSPS) is 17.5. The summed E-state index contributed by atoms with van der Waals surface area (Å²) < 4.78 is 0. The summed E-state index contributed by atoms with van der Waals surface area (Å²) in [5, 5.41) is 8.84. The highest BCUT2D eigenvalue weighted by atomic mass is 16.4. The van der Waals surface area contributed by atoms with Gasteiger partial charge in [-0.3, -0.25) is 9.78 Å². The number of carboxylic acid groups (broad SMARTS) is 1. The minimum atomic E-state index is -0.962. The van der Waals surface area contributed by atoms with Crippen LogP contribution in [0.25, 0.3) is 0 Å². The van der Waals surface area contributed by atoms with E-state index < -0.39 is 12.0 Å². The zero-order valence-corrected chi connectivity index (χ0v) is 9.89. The van der Waals surface area contributed by atoms with E-state index in [-0.39, 0.29) is 0 Å². The molecular formula is C12H17N3O2. The minimum absolute atomic E-state index is 0.356. The standard InChI is InChI=1S/C12H17N3O2/c1-15-3-2-10-8(4-11(13)12(16)17)5-14-6-9(10)7-15/h5-6,11H,2-4,7,13H2,1H3,(H,16,17). The van der Waals surface area contributed by atoms with E-state index in [0.29, 0.717) is 6.42 Å². The van der Waals surface area contributed by atoms with Crippen molar-refractivity contribution in [2.45, 2.75) is 25.4 Å².